The molecule has 2 aliphatic heterocycles. The molecule has 3 atom stereocenters. The molecular weight excluding hydrogens is 486 g/mol. The van der Waals surface area contributed by atoms with Crippen LogP contribution in [0.3, 0.4) is 0 Å². The fourth-order valence-corrected chi connectivity index (χ4v) is 6.77. The first kappa shape index (κ1) is 24.2. The van der Waals surface area contributed by atoms with Gasteiger partial charge < -0.3 is 20.4 Å². The first-order chi connectivity index (χ1) is 16.3. The van der Waals surface area contributed by atoms with Crippen LogP contribution in [0.4, 0.5) is 5.69 Å². The van der Waals surface area contributed by atoms with Gasteiger partial charge in [0, 0.05) is 35.4 Å². The van der Waals surface area contributed by atoms with Crippen molar-refractivity contribution in [3.05, 3.63) is 35.0 Å². The number of hydrogen-bond acceptors (Lipinski definition) is 7. The molecule has 6 rings (SSSR count). The van der Waals surface area contributed by atoms with Gasteiger partial charge in [0.25, 0.3) is 0 Å². The number of morpholine rings is 1. The third kappa shape index (κ3) is 3.76. The molecule has 10 heteroatoms. The molecule has 1 saturated carbocycles. The van der Waals surface area contributed by atoms with E-state index in [0.29, 0.717) is 19.7 Å². The Morgan fingerprint density at radius 2 is 2.00 bits per heavy atom. The molecule has 186 valence electrons. The lowest BCUT2D eigenvalue weighted by Crippen LogP contribution is -2.41. The van der Waals surface area contributed by atoms with Gasteiger partial charge in [-0.3, -0.25) is 19.5 Å². The molecular formula is C25H30ClN5O3S. The number of imide groups is 1. The van der Waals surface area contributed by atoms with Crippen molar-refractivity contribution in [1.82, 2.24) is 19.8 Å². The number of carbonyl (C=O) groups is 2. The van der Waals surface area contributed by atoms with Crippen LogP contribution < -0.4 is 11.1 Å². The molecule has 3 N–H and O–H groups in total. The van der Waals surface area contributed by atoms with E-state index in [0.717, 1.165) is 50.8 Å². The number of hydrogen-bond donors (Lipinski definition) is 2. The third-order valence-electron chi connectivity index (χ3n) is 7.74. The summed E-state index contributed by atoms with van der Waals surface area (Å²) < 4.78 is 9.20. The number of nitrogen functional groups attached to an aromatic ring is 1. The summed E-state index contributed by atoms with van der Waals surface area (Å²) in [7, 11) is 0. The summed E-state index contributed by atoms with van der Waals surface area (Å²) in [6, 6.07) is 6.02. The van der Waals surface area contributed by atoms with Gasteiger partial charge in [0.2, 0.25) is 11.8 Å². The van der Waals surface area contributed by atoms with Crippen LogP contribution in [0.15, 0.2) is 24.4 Å². The Morgan fingerprint density at radius 3 is 2.69 bits per heavy atom. The maximum atomic E-state index is 12.8. The van der Waals surface area contributed by atoms with E-state index in [2.05, 4.69) is 14.9 Å². The second-order valence-electron chi connectivity index (χ2n) is 10.2. The van der Waals surface area contributed by atoms with E-state index in [1.54, 1.807) is 17.5 Å². The van der Waals surface area contributed by atoms with Gasteiger partial charge >= 0.3 is 0 Å². The topological polar surface area (TPSA) is 102 Å². The number of nitrogens with one attached hydrogen (secondary N) is 1. The van der Waals surface area contributed by atoms with Crippen LogP contribution >= 0.6 is 23.7 Å². The molecule has 3 aliphatic rings. The van der Waals surface area contributed by atoms with Crippen LogP contribution in [-0.2, 0) is 27.4 Å². The summed E-state index contributed by atoms with van der Waals surface area (Å²) in [6.45, 7) is 9.45. The van der Waals surface area contributed by atoms with Crippen molar-refractivity contribution in [1.29, 1.82) is 0 Å². The molecule has 8 nitrogen and oxygen atoms in total. The minimum Gasteiger partial charge on any atom is -0.397 e. The van der Waals surface area contributed by atoms with Gasteiger partial charge in [-0.25, -0.2) is 0 Å². The maximum absolute atomic E-state index is 12.8. The zero-order valence-corrected chi connectivity index (χ0v) is 21.7. The summed E-state index contributed by atoms with van der Waals surface area (Å²) in [5.41, 5.74) is 10.8. The molecule has 0 aromatic carbocycles. The Hall–Kier alpha value is -2.46. The number of carbonyl (C=O) groups excluding carboxylic acids is 2. The van der Waals surface area contributed by atoms with Crippen molar-refractivity contribution in [3.63, 3.8) is 0 Å². The van der Waals surface area contributed by atoms with Crippen LogP contribution in [-0.4, -0.2) is 52.1 Å². The number of thiophene rings is 1. The quantitative estimate of drug-likeness (QED) is 0.506. The van der Waals surface area contributed by atoms with Gasteiger partial charge in [0.05, 0.1) is 59.2 Å². The molecule has 0 radical (unpaired) electrons. The lowest BCUT2D eigenvalue weighted by molar-refractivity contribution is -0.143. The number of aromatic nitrogens is 2. The van der Waals surface area contributed by atoms with Crippen molar-refractivity contribution in [3.8, 4) is 11.3 Å². The maximum Gasteiger partial charge on any atom is 0.234 e. The van der Waals surface area contributed by atoms with E-state index < -0.39 is 0 Å². The molecule has 2 amide bonds. The van der Waals surface area contributed by atoms with Crippen LogP contribution in [0, 0.1) is 24.2 Å². The van der Waals surface area contributed by atoms with E-state index in [1.807, 2.05) is 39.0 Å². The average molecular weight is 516 g/mol. The highest BCUT2D eigenvalue weighted by Crippen LogP contribution is 2.63. The van der Waals surface area contributed by atoms with Gasteiger partial charge in [0.15, 0.2) is 0 Å². The lowest BCUT2D eigenvalue weighted by Gasteiger charge is -2.25. The van der Waals surface area contributed by atoms with Crippen molar-refractivity contribution in [2.45, 2.75) is 40.0 Å². The highest BCUT2D eigenvalue weighted by Gasteiger charge is 2.72. The number of anilines is 1. The molecule has 5 heterocycles. The monoisotopic (exact) mass is 515 g/mol. The molecule has 0 spiro atoms. The van der Waals surface area contributed by atoms with E-state index in [9.17, 15) is 9.59 Å². The van der Waals surface area contributed by atoms with Crippen molar-refractivity contribution >= 4 is 51.5 Å². The number of likely N-dealkylation sites (tertiary alicyclic amines) is 1. The van der Waals surface area contributed by atoms with E-state index in [4.69, 9.17) is 10.5 Å². The van der Waals surface area contributed by atoms with Gasteiger partial charge in [-0.15, -0.1) is 23.7 Å². The van der Waals surface area contributed by atoms with Gasteiger partial charge in [0.1, 0.15) is 0 Å². The zero-order valence-electron chi connectivity index (χ0n) is 20.0. The average Bonchev–Trinajstić information content (AvgIpc) is 3.08. The number of halogens is 1. The Bertz CT molecular complexity index is 1300. The van der Waals surface area contributed by atoms with E-state index in [1.165, 1.54) is 4.90 Å². The predicted octanol–water partition coefficient (Wildman–Crippen LogP) is 3.21. The fourth-order valence-electron chi connectivity index (χ4n) is 5.65. The number of amides is 2. The molecule has 2 unspecified atom stereocenters. The molecule has 3 aromatic rings. The van der Waals surface area contributed by atoms with Gasteiger partial charge in [-0.05, 0) is 30.5 Å². The highest BCUT2D eigenvalue weighted by molar-refractivity contribution is 7.19. The highest BCUT2D eigenvalue weighted by atomic mass is 35.5. The Balaban J connectivity index is 0.00000253. The summed E-state index contributed by atoms with van der Waals surface area (Å²) in [6.07, 6.45) is 1.89. The summed E-state index contributed by atoms with van der Waals surface area (Å²) in [5, 5.41) is 3.39. The number of rotatable bonds is 5. The standard InChI is InChI=1S/C25H29N5O3S.ClH/c1-13-17(26)9-19(29(13)11-14-10-27-6-7-33-14)16-4-5-28-18-8-15(34-22(16)18)12-30-23(31)20-21(24(30)32)25(20,2)3;/h4-5,8-9,14,20-21,27H,6-7,10-12,26H2,1-3H3;1H/t14-,20?,21?;/m0./s1. The first-order valence-corrected chi connectivity index (χ1v) is 12.6. The van der Waals surface area contributed by atoms with Crippen molar-refractivity contribution in [2.75, 3.05) is 25.4 Å². The van der Waals surface area contributed by atoms with Crippen LogP contribution in [0.25, 0.3) is 21.5 Å². The van der Waals surface area contributed by atoms with E-state index in [-0.39, 0.29) is 47.6 Å². The van der Waals surface area contributed by atoms with Gasteiger partial charge in [-0.1, -0.05) is 13.8 Å². The zero-order chi connectivity index (χ0) is 23.8. The Kier molecular flexibility index (Phi) is 5.95. The molecule has 3 aromatic heterocycles. The van der Waals surface area contributed by atoms with Crippen molar-refractivity contribution in [2.24, 2.45) is 17.3 Å². The van der Waals surface area contributed by atoms with Crippen molar-refractivity contribution < 1.29 is 14.3 Å². The smallest absolute Gasteiger partial charge is 0.234 e. The molecule has 2 saturated heterocycles. The second-order valence-corrected chi connectivity index (χ2v) is 11.3. The van der Waals surface area contributed by atoms with E-state index >= 15 is 0 Å². The van der Waals surface area contributed by atoms with Crippen LogP contribution in [0.2, 0.25) is 0 Å². The number of fused-ring (bicyclic) bond motifs is 2. The minimum atomic E-state index is -0.194. The SMILES string of the molecule is Cc1c(N)cc(-c2ccnc3cc(CN4C(=O)C5C(C4=O)C5(C)C)sc23)n1C[C@@H]1CNCCO1.Cl. The molecule has 1 aliphatic carbocycles. The first-order valence-electron chi connectivity index (χ1n) is 11.8. The second kappa shape index (κ2) is 8.58. The number of pyridine rings is 1. The fraction of sp³-hybridized carbons (Fsp3) is 0.480. The Labute approximate surface area is 214 Å². The third-order valence-corrected chi connectivity index (χ3v) is 8.88. The van der Waals surface area contributed by atoms with Crippen LogP contribution in [0.5, 0.6) is 0 Å². The molecule has 35 heavy (non-hydrogen) atoms. The predicted molar refractivity (Wildman–Crippen MR) is 138 cm³/mol. The van der Waals surface area contributed by atoms with Crippen LogP contribution in [0.1, 0.15) is 24.4 Å². The normalized spacial score (nSPS) is 25.1. The molecule has 0 bridgehead atoms. The number of piperidine rings is 1. The lowest BCUT2D eigenvalue weighted by atomic mass is 10.1. The molecule has 3 fully saturated rings. The Morgan fingerprint density at radius 1 is 1.26 bits per heavy atom. The summed E-state index contributed by atoms with van der Waals surface area (Å²) >= 11 is 1.59. The van der Waals surface area contributed by atoms with Gasteiger partial charge in [-0.2, -0.15) is 0 Å². The minimum absolute atomic E-state index is 0. The summed E-state index contributed by atoms with van der Waals surface area (Å²) in [4.78, 5) is 32.6. The number of nitrogens with zero attached hydrogens (tertiary/aromatic N) is 3. The largest absolute Gasteiger partial charge is 0.397 e. The number of ether oxygens (including phenoxy) is 1. The summed E-state index contributed by atoms with van der Waals surface area (Å²) in [5.74, 6) is -0.393. The number of nitrogens with two attached hydrogens (primary N) is 1.